The van der Waals surface area contributed by atoms with Crippen molar-refractivity contribution < 1.29 is 0 Å². The number of hydrogen-bond donors (Lipinski definition) is 4. The van der Waals surface area contributed by atoms with Gasteiger partial charge in [-0.1, -0.05) is 20.8 Å². The van der Waals surface area contributed by atoms with Gasteiger partial charge in [0.25, 0.3) is 0 Å². The minimum absolute atomic E-state index is 0.165. The Balaban J connectivity index is 2.02. The highest BCUT2D eigenvalue weighted by Gasteiger charge is 2.21. The topological polar surface area (TPSA) is 136 Å². The molecule has 0 aliphatic rings. The zero-order chi connectivity index (χ0) is 19.9. The van der Waals surface area contributed by atoms with E-state index in [-0.39, 0.29) is 5.92 Å². The molecule has 0 amide bonds. The lowest BCUT2D eigenvalue weighted by Gasteiger charge is -2.30. The molecule has 0 saturated heterocycles. The summed E-state index contributed by atoms with van der Waals surface area (Å²) >= 11 is 0. The van der Waals surface area contributed by atoms with Crippen molar-refractivity contribution in [1.29, 1.82) is 0 Å². The van der Waals surface area contributed by atoms with Crippen LogP contribution in [-0.2, 0) is 0 Å². The molecule has 1 atom stereocenters. The number of nitrogens with two attached hydrogens (primary N) is 3. The van der Waals surface area contributed by atoms with Crippen LogP contribution in [0.4, 0.5) is 5.82 Å². The zero-order valence-corrected chi connectivity index (χ0v) is 17.0. The lowest BCUT2D eigenvalue weighted by molar-refractivity contribution is 0.198. The van der Waals surface area contributed by atoms with Gasteiger partial charge in [-0.15, -0.1) is 0 Å². The molecule has 0 spiro atoms. The maximum Gasteiger partial charge on any atom is 0.183 e. The molecule has 2 rings (SSSR count). The van der Waals surface area contributed by atoms with E-state index in [0.29, 0.717) is 28.9 Å². The second-order valence-electron chi connectivity index (χ2n) is 8.22. The molecule has 1 unspecified atom stereocenters. The van der Waals surface area contributed by atoms with Crippen molar-refractivity contribution in [1.82, 2.24) is 24.8 Å². The van der Waals surface area contributed by atoms with Gasteiger partial charge >= 0.3 is 0 Å². The molecule has 2 aromatic rings. The summed E-state index contributed by atoms with van der Waals surface area (Å²) in [7, 11) is 0. The van der Waals surface area contributed by atoms with Gasteiger partial charge in [-0.3, -0.25) is 0 Å². The smallest absolute Gasteiger partial charge is 0.183 e. The van der Waals surface area contributed by atoms with Crippen LogP contribution >= 0.6 is 0 Å². The number of anilines is 1. The van der Waals surface area contributed by atoms with Crippen molar-refractivity contribution in [3.63, 3.8) is 0 Å². The number of imidazole rings is 1. The highest BCUT2D eigenvalue weighted by Crippen LogP contribution is 2.27. The van der Waals surface area contributed by atoms with E-state index < -0.39 is 0 Å². The Kier molecular flexibility index (Phi) is 7.94. The van der Waals surface area contributed by atoms with Crippen molar-refractivity contribution in [3.8, 4) is 0 Å². The third-order valence-electron chi connectivity index (χ3n) is 5.14. The van der Waals surface area contributed by atoms with E-state index in [1.165, 1.54) is 0 Å². The molecule has 0 aliphatic carbocycles. The first-order chi connectivity index (χ1) is 12.9. The van der Waals surface area contributed by atoms with E-state index >= 15 is 0 Å². The first kappa shape index (κ1) is 21.5. The van der Waals surface area contributed by atoms with Gasteiger partial charge in [-0.25, -0.2) is 15.0 Å². The first-order valence-corrected chi connectivity index (χ1v) is 9.95. The summed E-state index contributed by atoms with van der Waals surface area (Å²) in [6.45, 7) is 11.1. The number of nitrogens with zero attached hydrogens (tertiary/aromatic N) is 4. The molecule has 0 saturated carbocycles. The van der Waals surface area contributed by atoms with Gasteiger partial charge in [0.1, 0.15) is 11.3 Å². The number of H-pyrrole nitrogens is 1. The van der Waals surface area contributed by atoms with Crippen molar-refractivity contribution in [2.24, 2.45) is 16.9 Å². The summed E-state index contributed by atoms with van der Waals surface area (Å²) < 4.78 is 0. The minimum atomic E-state index is 0.165. The fourth-order valence-corrected chi connectivity index (χ4v) is 3.34. The van der Waals surface area contributed by atoms with E-state index in [4.69, 9.17) is 17.2 Å². The fourth-order valence-electron chi connectivity index (χ4n) is 3.34. The first-order valence-electron chi connectivity index (χ1n) is 9.95. The molecule has 152 valence electrons. The molecule has 0 fully saturated rings. The van der Waals surface area contributed by atoms with Crippen LogP contribution in [0.2, 0.25) is 0 Å². The Morgan fingerprint density at radius 3 is 2.56 bits per heavy atom. The van der Waals surface area contributed by atoms with Crippen LogP contribution in [0.1, 0.15) is 58.2 Å². The fraction of sp³-hybridized carbons (Fsp3) is 0.737. The molecule has 2 aromatic heterocycles. The third kappa shape index (κ3) is 6.41. The molecular formula is C19H36N8. The number of nitrogens with one attached hydrogen (secondary N) is 1. The number of hydrogen-bond acceptors (Lipinski definition) is 7. The van der Waals surface area contributed by atoms with Crippen molar-refractivity contribution in [2.75, 3.05) is 38.5 Å². The maximum atomic E-state index is 6.05. The Morgan fingerprint density at radius 2 is 1.85 bits per heavy atom. The van der Waals surface area contributed by atoms with Gasteiger partial charge in [-0.05, 0) is 57.3 Å². The van der Waals surface area contributed by atoms with Crippen LogP contribution in [0.5, 0.6) is 0 Å². The number of rotatable bonds is 12. The highest BCUT2D eigenvalue weighted by atomic mass is 15.1. The average Bonchev–Trinajstić information content (AvgIpc) is 3.11. The number of nitrogen functional groups attached to an aromatic ring is 1. The Hall–Kier alpha value is -1.77. The summed E-state index contributed by atoms with van der Waals surface area (Å²) in [5.74, 6) is 1.36. The van der Waals surface area contributed by atoms with Gasteiger partial charge in [-0.2, -0.15) is 0 Å². The summed E-state index contributed by atoms with van der Waals surface area (Å²) in [6, 6.07) is 0. The predicted octanol–water partition coefficient (Wildman–Crippen LogP) is 1.84. The SMILES string of the molecule is CC(CN(CCCN)CCC(C)(C)CCCN)c1nc(N)c2[nH]cnc2n1. The largest absolute Gasteiger partial charge is 0.382 e. The summed E-state index contributed by atoms with van der Waals surface area (Å²) in [5.41, 5.74) is 19.1. The quantitative estimate of drug-likeness (QED) is 0.444. The van der Waals surface area contributed by atoms with Crippen molar-refractivity contribution in [2.45, 2.75) is 52.4 Å². The molecular weight excluding hydrogens is 340 g/mol. The van der Waals surface area contributed by atoms with Crippen LogP contribution < -0.4 is 17.2 Å². The second kappa shape index (κ2) is 9.96. The third-order valence-corrected chi connectivity index (χ3v) is 5.14. The molecule has 7 N–H and O–H groups in total. The molecule has 0 aromatic carbocycles. The van der Waals surface area contributed by atoms with Crippen molar-refractivity contribution in [3.05, 3.63) is 12.2 Å². The van der Waals surface area contributed by atoms with Crippen molar-refractivity contribution >= 4 is 17.0 Å². The van der Waals surface area contributed by atoms with Gasteiger partial charge in [0, 0.05) is 12.5 Å². The normalized spacial score (nSPS) is 13.6. The van der Waals surface area contributed by atoms with Gasteiger partial charge in [0.2, 0.25) is 0 Å². The predicted molar refractivity (Wildman–Crippen MR) is 111 cm³/mol. The number of fused-ring (bicyclic) bond motifs is 1. The van der Waals surface area contributed by atoms with Gasteiger partial charge < -0.3 is 27.1 Å². The van der Waals surface area contributed by atoms with E-state index in [1.54, 1.807) is 6.33 Å². The van der Waals surface area contributed by atoms with Crippen LogP contribution in [0, 0.1) is 5.41 Å². The molecule has 2 heterocycles. The standard InChI is InChI=1S/C19H36N8/c1-14(17-25-16(22)15-18(26-17)24-13-23-15)12-27(10-5-9-21)11-7-19(2,3)6-4-8-20/h13-14H,4-12,20-21H2,1-3H3,(H3,22,23,24,25,26). The molecule has 0 bridgehead atoms. The Morgan fingerprint density at radius 1 is 1.11 bits per heavy atom. The van der Waals surface area contributed by atoms with E-state index in [2.05, 4.69) is 45.6 Å². The molecule has 0 radical (unpaired) electrons. The molecule has 8 nitrogen and oxygen atoms in total. The number of aromatic amines is 1. The van der Waals surface area contributed by atoms with Gasteiger partial charge in [0.15, 0.2) is 11.5 Å². The second-order valence-corrected chi connectivity index (χ2v) is 8.22. The summed E-state index contributed by atoms with van der Waals surface area (Å²) in [5, 5.41) is 0. The minimum Gasteiger partial charge on any atom is -0.382 e. The maximum absolute atomic E-state index is 6.05. The number of aromatic nitrogens is 4. The van der Waals surface area contributed by atoms with Crippen LogP contribution in [-0.4, -0.2) is 57.6 Å². The van der Waals surface area contributed by atoms with E-state index in [0.717, 1.165) is 57.7 Å². The molecule has 8 heteroatoms. The zero-order valence-electron chi connectivity index (χ0n) is 17.0. The monoisotopic (exact) mass is 376 g/mol. The highest BCUT2D eigenvalue weighted by molar-refractivity contribution is 5.80. The Labute approximate surface area is 162 Å². The summed E-state index contributed by atoms with van der Waals surface area (Å²) in [6.07, 6.45) is 5.94. The van der Waals surface area contributed by atoms with Crippen LogP contribution in [0.25, 0.3) is 11.2 Å². The lowest BCUT2D eigenvalue weighted by atomic mass is 9.84. The summed E-state index contributed by atoms with van der Waals surface area (Å²) in [4.78, 5) is 18.7. The van der Waals surface area contributed by atoms with Gasteiger partial charge in [0.05, 0.1) is 6.33 Å². The van der Waals surface area contributed by atoms with E-state index in [1.807, 2.05) is 0 Å². The Bertz CT molecular complexity index is 696. The average molecular weight is 377 g/mol. The van der Waals surface area contributed by atoms with Crippen LogP contribution in [0.3, 0.4) is 0 Å². The lowest BCUT2D eigenvalue weighted by Crippen LogP contribution is -2.34. The molecule has 27 heavy (non-hydrogen) atoms. The van der Waals surface area contributed by atoms with Crippen LogP contribution in [0.15, 0.2) is 6.33 Å². The van der Waals surface area contributed by atoms with E-state index in [9.17, 15) is 0 Å². The molecule has 0 aliphatic heterocycles.